The molecule has 0 aliphatic heterocycles. The van der Waals surface area contributed by atoms with Crippen LogP contribution in [-0.2, 0) is 0 Å². The van der Waals surface area contributed by atoms with E-state index in [2.05, 4.69) is 20.3 Å². The van der Waals surface area contributed by atoms with E-state index in [1.165, 1.54) is 7.11 Å². The average molecular weight is 431 g/mol. The van der Waals surface area contributed by atoms with Crippen molar-refractivity contribution in [2.45, 2.75) is 6.92 Å². The van der Waals surface area contributed by atoms with Crippen LogP contribution >= 0.6 is 0 Å². The summed E-state index contributed by atoms with van der Waals surface area (Å²) in [5.41, 5.74) is 9.00. The molecule has 0 saturated carbocycles. The second-order valence-corrected chi connectivity index (χ2v) is 6.70. The minimum atomic E-state index is 0.0910. The number of aromatic hydroxyl groups is 1. The van der Waals surface area contributed by atoms with Gasteiger partial charge >= 0.3 is 0 Å². The first-order chi connectivity index (χ1) is 15.5. The molecule has 2 aromatic carbocycles. The van der Waals surface area contributed by atoms with Gasteiger partial charge < -0.3 is 25.6 Å². The minimum Gasteiger partial charge on any atom is -0.504 e. The third kappa shape index (κ3) is 6.09. The molecule has 0 amide bonds. The number of anilines is 2. The molecule has 0 spiro atoms. The fraction of sp³-hybridized carbons (Fsp3) is 0.125. The van der Waals surface area contributed by atoms with Gasteiger partial charge in [0.15, 0.2) is 11.5 Å². The van der Waals surface area contributed by atoms with Crippen LogP contribution in [0.3, 0.4) is 0 Å². The van der Waals surface area contributed by atoms with Crippen LogP contribution in [-0.4, -0.2) is 34.2 Å². The Hall–Kier alpha value is -4.33. The molecule has 0 unspecified atom stereocenters. The highest BCUT2D eigenvalue weighted by Crippen LogP contribution is 2.30. The molecule has 0 atom stereocenters. The smallest absolute Gasteiger partial charge is 0.220 e. The monoisotopic (exact) mass is 431 g/mol. The zero-order valence-corrected chi connectivity index (χ0v) is 18.1. The third-order valence-electron chi connectivity index (χ3n) is 4.40. The van der Waals surface area contributed by atoms with Crippen molar-refractivity contribution in [1.29, 1.82) is 0 Å². The first-order valence-corrected chi connectivity index (χ1v) is 9.82. The van der Waals surface area contributed by atoms with Crippen molar-refractivity contribution in [3.05, 3.63) is 78.8 Å². The predicted octanol–water partition coefficient (Wildman–Crippen LogP) is 4.66. The number of pyridine rings is 1. The summed E-state index contributed by atoms with van der Waals surface area (Å²) in [7, 11) is 3.38. The number of nitrogens with two attached hydrogens (primary N) is 1. The number of rotatable bonds is 5. The lowest BCUT2D eigenvalue weighted by Crippen LogP contribution is -1.95. The van der Waals surface area contributed by atoms with Gasteiger partial charge in [-0.3, -0.25) is 4.98 Å². The number of benzene rings is 2. The zero-order valence-electron chi connectivity index (χ0n) is 18.1. The summed E-state index contributed by atoms with van der Waals surface area (Å²) in [5.74, 6) is 2.34. The highest BCUT2D eigenvalue weighted by Gasteiger charge is 2.06. The van der Waals surface area contributed by atoms with Crippen LogP contribution in [0.5, 0.6) is 23.0 Å². The number of hydrogen-bond acceptors (Lipinski definition) is 8. The molecule has 2 aromatic heterocycles. The van der Waals surface area contributed by atoms with Crippen LogP contribution in [0.1, 0.15) is 5.69 Å². The SMILES string of the molecule is CNc1ccc(Oc2ccnc(C)c2)cc1.COc1cc(-c2ccnc(N)n2)ccc1O. The van der Waals surface area contributed by atoms with Gasteiger partial charge in [-0.05, 0) is 61.5 Å². The van der Waals surface area contributed by atoms with Crippen molar-refractivity contribution >= 4 is 11.6 Å². The molecule has 0 radical (unpaired) electrons. The second-order valence-electron chi connectivity index (χ2n) is 6.70. The van der Waals surface area contributed by atoms with E-state index >= 15 is 0 Å². The molecular formula is C24H25N5O3. The molecule has 0 bridgehead atoms. The summed E-state index contributed by atoms with van der Waals surface area (Å²) < 4.78 is 10.7. The minimum absolute atomic E-state index is 0.0910. The van der Waals surface area contributed by atoms with E-state index in [1.807, 2.05) is 50.4 Å². The van der Waals surface area contributed by atoms with E-state index in [1.54, 1.807) is 36.7 Å². The van der Waals surface area contributed by atoms with Crippen LogP contribution in [0.25, 0.3) is 11.3 Å². The lowest BCUT2D eigenvalue weighted by molar-refractivity contribution is 0.373. The molecule has 164 valence electrons. The van der Waals surface area contributed by atoms with Gasteiger partial charge in [0, 0.05) is 42.5 Å². The van der Waals surface area contributed by atoms with E-state index in [0.717, 1.165) is 28.4 Å². The molecular weight excluding hydrogens is 406 g/mol. The Morgan fingerprint density at radius 1 is 0.906 bits per heavy atom. The normalized spacial score (nSPS) is 9.97. The van der Waals surface area contributed by atoms with Crippen LogP contribution in [0, 0.1) is 6.92 Å². The van der Waals surface area contributed by atoms with Crippen molar-refractivity contribution in [3.63, 3.8) is 0 Å². The Morgan fingerprint density at radius 3 is 2.31 bits per heavy atom. The number of phenolic OH excluding ortho intramolecular Hbond substituents is 1. The Labute approximate surface area is 186 Å². The standard InChI is InChI=1S/C13H14N2O.C11H11N3O2/c1-10-9-13(7-8-15-10)16-12-5-3-11(14-2)4-6-12;1-16-10-6-7(2-3-9(10)15)8-4-5-13-11(12)14-8/h3-9,14H,1-2H3;2-6,15H,1H3,(H2,12,13,14). The summed E-state index contributed by atoms with van der Waals surface area (Å²) >= 11 is 0. The Kier molecular flexibility index (Phi) is 7.42. The zero-order chi connectivity index (χ0) is 22.9. The van der Waals surface area contributed by atoms with E-state index in [4.69, 9.17) is 15.2 Å². The first kappa shape index (κ1) is 22.4. The molecule has 0 aliphatic carbocycles. The van der Waals surface area contributed by atoms with Crippen LogP contribution in [0.2, 0.25) is 0 Å². The Bertz CT molecular complexity index is 1170. The maximum Gasteiger partial charge on any atom is 0.220 e. The van der Waals surface area contributed by atoms with Gasteiger partial charge in [-0.25, -0.2) is 9.97 Å². The molecule has 4 N–H and O–H groups in total. The first-order valence-electron chi connectivity index (χ1n) is 9.82. The fourth-order valence-electron chi connectivity index (χ4n) is 2.78. The van der Waals surface area contributed by atoms with Crippen molar-refractivity contribution in [3.8, 4) is 34.3 Å². The Morgan fingerprint density at radius 2 is 1.66 bits per heavy atom. The van der Waals surface area contributed by atoms with Crippen molar-refractivity contribution < 1.29 is 14.6 Å². The molecule has 0 aliphatic rings. The van der Waals surface area contributed by atoms with Gasteiger partial charge in [0.1, 0.15) is 11.5 Å². The number of methoxy groups -OCH3 is 1. The number of nitrogen functional groups attached to an aromatic ring is 1. The second kappa shape index (κ2) is 10.6. The lowest BCUT2D eigenvalue weighted by atomic mass is 10.1. The van der Waals surface area contributed by atoms with Gasteiger partial charge in [-0.1, -0.05) is 0 Å². The van der Waals surface area contributed by atoms with E-state index in [0.29, 0.717) is 11.4 Å². The molecule has 2 heterocycles. The van der Waals surface area contributed by atoms with Gasteiger partial charge in [0.2, 0.25) is 5.95 Å². The molecule has 8 nitrogen and oxygen atoms in total. The molecule has 4 aromatic rings. The third-order valence-corrected chi connectivity index (χ3v) is 4.40. The van der Waals surface area contributed by atoms with Crippen LogP contribution in [0.4, 0.5) is 11.6 Å². The quantitative estimate of drug-likeness (QED) is 0.418. The van der Waals surface area contributed by atoms with Gasteiger partial charge in [0.05, 0.1) is 12.8 Å². The van der Waals surface area contributed by atoms with Crippen LogP contribution < -0.4 is 20.5 Å². The number of ether oxygens (including phenoxy) is 2. The molecule has 0 saturated heterocycles. The number of hydrogen-bond donors (Lipinski definition) is 3. The fourth-order valence-corrected chi connectivity index (χ4v) is 2.78. The van der Waals surface area contributed by atoms with Crippen LogP contribution in [0.15, 0.2) is 73.1 Å². The molecule has 32 heavy (non-hydrogen) atoms. The van der Waals surface area contributed by atoms with Crippen molar-refractivity contribution in [1.82, 2.24) is 15.0 Å². The topological polar surface area (TPSA) is 115 Å². The predicted molar refractivity (Wildman–Crippen MR) is 125 cm³/mol. The molecule has 8 heteroatoms. The summed E-state index contributed by atoms with van der Waals surface area (Å²) in [4.78, 5) is 12.0. The summed E-state index contributed by atoms with van der Waals surface area (Å²) in [6.07, 6.45) is 3.32. The number of aryl methyl sites for hydroxylation is 1. The van der Waals surface area contributed by atoms with E-state index < -0.39 is 0 Å². The molecule has 4 rings (SSSR count). The van der Waals surface area contributed by atoms with Crippen molar-refractivity contribution in [2.24, 2.45) is 0 Å². The van der Waals surface area contributed by atoms with E-state index in [9.17, 15) is 5.11 Å². The van der Waals surface area contributed by atoms with Gasteiger partial charge in [0.25, 0.3) is 0 Å². The Balaban J connectivity index is 0.000000181. The van der Waals surface area contributed by atoms with Gasteiger partial charge in [-0.15, -0.1) is 0 Å². The van der Waals surface area contributed by atoms with Gasteiger partial charge in [-0.2, -0.15) is 0 Å². The van der Waals surface area contributed by atoms with Crippen molar-refractivity contribution in [2.75, 3.05) is 25.2 Å². The highest BCUT2D eigenvalue weighted by molar-refractivity contribution is 5.64. The molecule has 0 fully saturated rings. The average Bonchev–Trinajstić information content (AvgIpc) is 2.80. The maximum absolute atomic E-state index is 9.45. The maximum atomic E-state index is 9.45. The largest absolute Gasteiger partial charge is 0.504 e. The highest BCUT2D eigenvalue weighted by atomic mass is 16.5. The summed E-state index contributed by atoms with van der Waals surface area (Å²) in [6.45, 7) is 1.94. The number of aromatic nitrogens is 3. The summed E-state index contributed by atoms with van der Waals surface area (Å²) in [5, 5.41) is 12.5. The number of phenols is 1. The summed E-state index contributed by atoms with van der Waals surface area (Å²) in [6, 6.07) is 18.3. The number of nitrogens with one attached hydrogen (secondary N) is 1. The lowest BCUT2D eigenvalue weighted by Gasteiger charge is -2.06. The van der Waals surface area contributed by atoms with E-state index in [-0.39, 0.29) is 11.7 Å². The number of nitrogens with zero attached hydrogens (tertiary/aromatic N) is 3.